The van der Waals surface area contributed by atoms with E-state index in [1.54, 1.807) is 0 Å². The Morgan fingerprint density at radius 1 is 1.32 bits per heavy atom. The zero-order valence-corrected chi connectivity index (χ0v) is 12.1. The number of aromatic carboxylic acids is 1. The number of hydrogen-bond acceptors (Lipinski definition) is 2. The van der Waals surface area contributed by atoms with Crippen molar-refractivity contribution in [1.82, 2.24) is 0 Å². The maximum absolute atomic E-state index is 11.4. The number of benzene rings is 1. The molecule has 0 unspecified atom stereocenters. The highest BCUT2D eigenvalue weighted by Gasteiger charge is 2.32. The predicted octanol–water partition coefficient (Wildman–Crippen LogP) is 4.33. The molecule has 19 heavy (non-hydrogen) atoms. The summed E-state index contributed by atoms with van der Waals surface area (Å²) in [6.45, 7) is 2.16. The Labute approximate surface area is 118 Å². The standard InChI is InChI=1S/C16H20O2S/c1-2-11-7-8-13(16(17)18)14(12-5-6-12)15(11)19-9-10-3-4-10/h7-8,10,12H,2-6,9H2,1H3,(H,17,18). The molecule has 1 N–H and O–H groups in total. The van der Waals surface area contributed by atoms with Gasteiger partial charge in [0.15, 0.2) is 0 Å². The Bertz CT molecular complexity index is 502. The van der Waals surface area contributed by atoms with E-state index in [9.17, 15) is 9.90 Å². The molecule has 2 aliphatic carbocycles. The molecular weight excluding hydrogens is 256 g/mol. The third kappa shape index (κ3) is 2.81. The van der Waals surface area contributed by atoms with Crippen LogP contribution in [0.3, 0.4) is 0 Å². The van der Waals surface area contributed by atoms with E-state index in [1.165, 1.54) is 23.3 Å². The number of carboxylic acid groups (broad SMARTS) is 1. The molecule has 0 aliphatic heterocycles. The van der Waals surface area contributed by atoms with Crippen LogP contribution < -0.4 is 0 Å². The molecule has 0 spiro atoms. The Morgan fingerprint density at radius 2 is 2.05 bits per heavy atom. The lowest BCUT2D eigenvalue weighted by atomic mass is 9.99. The normalized spacial score (nSPS) is 18.6. The zero-order valence-electron chi connectivity index (χ0n) is 11.3. The summed E-state index contributed by atoms with van der Waals surface area (Å²) in [5.74, 6) is 1.77. The minimum Gasteiger partial charge on any atom is -0.478 e. The van der Waals surface area contributed by atoms with Gasteiger partial charge in [0.25, 0.3) is 0 Å². The van der Waals surface area contributed by atoms with Crippen molar-refractivity contribution in [2.24, 2.45) is 5.92 Å². The highest BCUT2D eigenvalue weighted by Crippen LogP contribution is 2.48. The van der Waals surface area contributed by atoms with Gasteiger partial charge in [0, 0.05) is 10.6 Å². The van der Waals surface area contributed by atoms with Gasteiger partial charge in [-0.1, -0.05) is 13.0 Å². The van der Waals surface area contributed by atoms with Crippen LogP contribution in [0.2, 0.25) is 0 Å². The maximum Gasteiger partial charge on any atom is 0.336 e. The SMILES string of the molecule is CCc1ccc(C(=O)O)c(C2CC2)c1SCC1CC1. The van der Waals surface area contributed by atoms with Crippen molar-refractivity contribution in [3.63, 3.8) is 0 Å². The molecule has 0 radical (unpaired) electrons. The summed E-state index contributed by atoms with van der Waals surface area (Å²) < 4.78 is 0. The molecule has 2 saturated carbocycles. The molecule has 0 heterocycles. The van der Waals surface area contributed by atoms with Gasteiger partial charge >= 0.3 is 5.97 Å². The van der Waals surface area contributed by atoms with Crippen LogP contribution in [0.25, 0.3) is 0 Å². The van der Waals surface area contributed by atoms with Gasteiger partial charge in [-0.15, -0.1) is 11.8 Å². The summed E-state index contributed by atoms with van der Waals surface area (Å²) in [6.07, 6.45) is 6.01. The van der Waals surface area contributed by atoms with E-state index in [-0.39, 0.29) is 0 Å². The fourth-order valence-electron chi connectivity index (χ4n) is 2.54. The van der Waals surface area contributed by atoms with E-state index in [1.807, 2.05) is 23.9 Å². The Kier molecular flexibility index (Phi) is 3.57. The van der Waals surface area contributed by atoms with Crippen LogP contribution in [0.4, 0.5) is 0 Å². The molecule has 0 atom stereocenters. The average Bonchev–Trinajstić information content (AvgIpc) is 3.28. The van der Waals surface area contributed by atoms with E-state index in [0.717, 1.165) is 36.5 Å². The molecule has 0 bridgehead atoms. The molecule has 3 heteroatoms. The van der Waals surface area contributed by atoms with Crippen molar-refractivity contribution >= 4 is 17.7 Å². The van der Waals surface area contributed by atoms with Crippen molar-refractivity contribution in [3.05, 3.63) is 28.8 Å². The van der Waals surface area contributed by atoms with Crippen molar-refractivity contribution < 1.29 is 9.90 Å². The quantitative estimate of drug-likeness (QED) is 0.786. The number of hydrogen-bond donors (Lipinski definition) is 1. The molecule has 0 saturated heterocycles. The monoisotopic (exact) mass is 276 g/mol. The van der Waals surface area contributed by atoms with Gasteiger partial charge in [0.1, 0.15) is 0 Å². The van der Waals surface area contributed by atoms with Gasteiger partial charge in [-0.25, -0.2) is 4.79 Å². The van der Waals surface area contributed by atoms with Gasteiger partial charge in [-0.05, 0) is 61.1 Å². The number of carboxylic acids is 1. The number of carbonyl (C=O) groups is 1. The minimum atomic E-state index is -0.766. The Balaban J connectivity index is 1.99. The van der Waals surface area contributed by atoms with Gasteiger partial charge in [0.2, 0.25) is 0 Å². The molecular formula is C16H20O2S. The van der Waals surface area contributed by atoms with E-state index in [4.69, 9.17) is 0 Å². The molecule has 0 amide bonds. The van der Waals surface area contributed by atoms with Crippen molar-refractivity contribution in [2.75, 3.05) is 5.75 Å². The van der Waals surface area contributed by atoms with E-state index >= 15 is 0 Å². The summed E-state index contributed by atoms with van der Waals surface area (Å²) >= 11 is 1.91. The summed E-state index contributed by atoms with van der Waals surface area (Å²) in [5, 5.41) is 9.41. The Morgan fingerprint density at radius 3 is 2.58 bits per heavy atom. The largest absolute Gasteiger partial charge is 0.478 e. The maximum atomic E-state index is 11.4. The summed E-state index contributed by atoms with van der Waals surface area (Å²) in [4.78, 5) is 12.7. The van der Waals surface area contributed by atoms with Crippen LogP contribution in [0, 0.1) is 5.92 Å². The lowest BCUT2D eigenvalue weighted by molar-refractivity contribution is 0.0695. The molecule has 102 valence electrons. The van der Waals surface area contributed by atoms with Crippen molar-refractivity contribution in [3.8, 4) is 0 Å². The van der Waals surface area contributed by atoms with Crippen LogP contribution in [-0.2, 0) is 6.42 Å². The van der Waals surface area contributed by atoms with Crippen LogP contribution >= 0.6 is 11.8 Å². The Hall–Kier alpha value is -0.960. The minimum absolute atomic E-state index is 0.499. The van der Waals surface area contributed by atoms with E-state index in [0.29, 0.717) is 11.5 Å². The molecule has 2 nitrogen and oxygen atoms in total. The number of thioether (sulfide) groups is 1. The first-order chi connectivity index (χ1) is 9.20. The zero-order chi connectivity index (χ0) is 13.4. The second-order valence-corrected chi connectivity index (χ2v) is 6.73. The topological polar surface area (TPSA) is 37.3 Å². The van der Waals surface area contributed by atoms with Crippen LogP contribution in [0.15, 0.2) is 17.0 Å². The molecule has 2 fully saturated rings. The highest BCUT2D eigenvalue weighted by atomic mass is 32.2. The van der Waals surface area contributed by atoms with Crippen molar-refractivity contribution in [2.45, 2.75) is 49.8 Å². The average molecular weight is 276 g/mol. The number of rotatable bonds is 6. The lowest BCUT2D eigenvalue weighted by Gasteiger charge is -2.16. The molecule has 0 aromatic heterocycles. The first-order valence-corrected chi connectivity index (χ1v) is 8.21. The van der Waals surface area contributed by atoms with Crippen LogP contribution in [-0.4, -0.2) is 16.8 Å². The second kappa shape index (κ2) is 5.20. The van der Waals surface area contributed by atoms with E-state index in [2.05, 4.69) is 6.92 Å². The van der Waals surface area contributed by atoms with Gasteiger partial charge in [0.05, 0.1) is 5.56 Å². The third-order valence-corrected chi connectivity index (χ3v) is 5.44. The van der Waals surface area contributed by atoms with Crippen LogP contribution in [0.5, 0.6) is 0 Å². The molecule has 1 aromatic rings. The summed E-state index contributed by atoms with van der Waals surface area (Å²) in [7, 11) is 0. The fraction of sp³-hybridized carbons (Fsp3) is 0.562. The third-order valence-electron chi connectivity index (χ3n) is 4.03. The fourth-order valence-corrected chi connectivity index (χ4v) is 4.11. The second-order valence-electron chi connectivity index (χ2n) is 5.70. The van der Waals surface area contributed by atoms with Gasteiger partial charge in [-0.2, -0.15) is 0 Å². The lowest BCUT2D eigenvalue weighted by Crippen LogP contribution is -2.05. The van der Waals surface area contributed by atoms with Gasteiger partial charge in [-0.3, -0.25) is 0 Å². The smallest absolute Gasteiger partial charge is 0.336 e. The molecule has 1 aromatic carbocycles. The summed E-state index contributed by atoms with van der Waals surface area (Å²) in [6, 6.07) is 3.83. The molecule has 3 rings (SSSR count). The first-order valence-electron chi connectivity index (χ1n) is 7.22. The first kappa shape index (κ1) is 13.0. The molecule has 2 aliphatic rings. The number of aryl methyl sites for hydroxylation is 1. The van der Waals surface area contributed by atoms with Crippen molar-refractivity contribution in [1.29, 1.82) is 0 Å². The van der Waals surface area contributed by atoms with Gasteiger partial charge < -0.3 is 5.11 Å². The van der Waals surface area contributed by atoms with E-state index < -0.39 is 5.97 Å². The van der Waals surface area contributed by atoms with Crippen LogP contribution in [0.1, 0.15) is 60.0 Å². The summed E-state index contributed by atoms with van der Waals surface area (Å²) in [5.41, 5.74) is 3.01. The highest BCUT2D eigenvalue weighted by molar-refractivity contribution is 7.99. The predicted molar refractivity (Wildman–Crippen MR) is 78.2 cm³/mol.